The van der Waals surface area contributed by atoms with Gasteiger partial charge >= 0.3 is 5.97 Å². The summed E-state index contributed by atoms with van der Waals surface area (Å²) in [6.45, 7) is 0.573. The number of ether oxygens (including phenoxy) is 2. The number of carbonyl (C=O) groups excluding carboxylic acids is 1. The minimum Gasteiger partial charge on any atom is -0.496 e. The van der Waals surface area contributed by atoms with Crippen molar-refractivity contribution in [2.75, 3.05) is 33.9 Å². The van der Waals surface area contributed by atoms with E-state index in [1.807, 2.05) is 0 Å². The Morgan fingerprint density at radius 1 is 1.29 bits per heavy atom. The van der Waals surface area contributed by atoms with Crippen LogP contribution in [0.3, 0.4) is 0 Å². The second-order valence-corrected chi connectivity index (χ2v) is 6.63. The molecule has 0 bridgehead atoms. The molecule has 1 aliphatic heterocycles. The maximum atomic E-state index is 12.9. The molecule has 0 radical (unpaired) electrons. The SMILES string of the molecule is COCC1(C(=O)O)CCCN(C(=O)c2cc(Cl)c(Cl)cc2OC)C1. The zero-order valence-corrected chi connectivity index (χ0v) is 15.0. The standard InChI is InChI=1S/C16H19Cl2NO5/c1-23-9-16(15(21)22)4-3-5-19(8-16)14(20)10-6-11(17)12(18)7-13(10)24-2/h6-7H,3-5,8-9H2,1-2H3,(H,21,22). The van der Waals surface area contributed by atoms with Crippen LogP contribution in [0, 0.1) is 5.41 Å². The molecule has 1 atom stereocenters. The van der Waals surface area contributed by atoms with Gasteiger partial charge in [0.2, 0.25) is 0 Å². The second-order valence-electron chi connectivity index (χ2n) is 5.82. The zero-order chi connectivity index (χ0) is 17.9. The van der Waals surface area contributed by atoms with Gasteiger partial charge in [-0.2, -0.15) is 0 Å². The lowest BCUT2D eigenvalue weighted by Crippen LogP contribution is -2.52. The van der Waals surface area contributed by atoms with Crippen molar-refractivity contribution < 1.29 is 24.2 Å². The second kappa shape index (κ2) is 7.59. The van der Waals surface area contributed by atoms with Crippen LogP contribution in [0.25, 0.3) is 0 Å². The van der Waals surface area contributed by atoms with Gasteiger partial charge in [-0.05, 0) is 18.9 Å². The van der Waals surface area contributed by atoms with E-state index >= 15 is 0 Å². The summed E-state index contributed by atoms with van der Waals surface area (Å²) in [5.41, 5.74) is -0.850. The maximum absolute atomic E-state index is 12.9. The summed E-state index contributed by atoms with van der Waals surface area (Å²) in [5, 5.41) is 10.1. The van der Waals surface area contributed by atoms with Crippen molar-refractivity contribution in [3.05, 3.63) is 27.7 Å². The number of carboxylic acid groups (broad SMARTS) is 1. The number of hydrogen-bond acceptors (Lipinski definition) is 4. The molecule has 1 amide bonds. The smallest absolute Gasteiger partial charge is 0.313 e. The van der Waals surface area contributed by atoms with E-state index in [4.69, 9.17) is 32.7 Å². The molecule has 132 valence electrons. The Hall–Kier alpha value is -1.50. The number of halogens is 2. The Bertz CT molecular complexity index is 648. The van der Waals surface area contributed by atoms with E-state index in [0.717, 1.165) is 0 Å². The molecule has 1 unspecified atom stereocenters. The molecule has 0 aromatic heterocycles. The molecule has 1 fully saturated rings. The molecule has 2 rings (SSSR count). The molecular weight excluding hydrogens is 357 g/mol. The molecule has 1 aliphatic rings. The van der Waals surface area contributed by atoms with E-state index in [9.17, 15) is 14.7 Å². The van der Waals surface area contributed by atoms with E-state index in [0.29, 0.717) is 25.1 Å². The number of likely N-dealkylation sites (tertiary alicyclic amines) is 1. The molecule has 0 saturated carbocycles. The van der Waals surface area contributed by atoms with Crippen LogP contribution >= 0.6 is 23.2 Å². The van der Waals surface area contributed by atoms with Crippen LogP contribution in [0.1, 0.15) is 23.2 Å². The number of hydrogen-bond donors (Lipinski definition) is 1. The third kappa shape index (κ3) is 3.61. The van der Waals surface area contributed by atoms with Gasteiger partial charge < -0.3 is 19.5 Å². The number of aliphatic carboxylic acids is 1. The number of piperidine rings is 1. The van der Waals surface area contributed by atoms with Gasteiger partial charge in [-0.1, -0.05) is 23.2 Å². The number of carboxylic acids is 1. The molecule has 6 nitrogen and oxygen atoms in total. The summed E-state index contributed by atoms with van der Waals surface area (Å²) in [7, 11) is 2.88. The highest BCUT2D eigenvalue weighted by atomic mass is 35.5. The molecule has 1 aromatic carbocycles. The maximum Gasteiger partial charge on any atom is 0.313 e. The molecular formula is C16H19Cl2NO5. The van der Waals surface area contributed by atoms with Gasteiger partial charge in [0.15, 0.2) is 0 Å². The van der Waals surface area contributed by atoms with Crippen LogP contribution in [-0.2, 0) is 9.53 Å². The number of rotatable bonds is 5. The van der Waals surface area contributed by atoms with Crippen molar-refractivity contribution >= 4 is 35.1 Å². The highest BCUT2D eigenvalue weighted by Gasteiger charge is 2.44. The van der Waals surface area contributed by atoms with Crippen molar-refractivity contribution in [3.63, 3.8) is 0 Å². The predicted molar refractivity (Wildman–Crippen MR) is 90.1 cm³/mol. The Labute approximate surface area is 150 Å². The van der Waals surface area contributed by atoms with Gasteiger partial charge in [-0.3, -0.25) is 9.59 Å². The minimum atomic E-state index is -1.11. The summed E-state index contributed by atoms with van der Waals surface area (Å²) >= 11 is 12.0. The van der Waals surface area contributed by atoms with Gasteiger partial charge in [0.1, 0.15) is 11.2 Å². The Morgan fingerprint density at radius 3 is 2.54 bits per heavy atom. The largest absolute Gasteiger partial charge is 0.496 e. The van der Waals surface area contributed by atoms with Crippen LogP contribution < -0.4 is 4.74 Å². The van der Waals surface area contributed by atoms with Gasteiger partial charge in [0.05, 0.1) is 29.3 Å². The fraction of sp³-hybridized carbons (Fsp3) is 0.500. The average Bonchev–Trinajstić information content (AvgIpc) is 2.56. The normalized spacial score (nSPS) is 20.8. The van der Waals surface area contributed by atoms with Crippen molar-refractivity contribution in [1.29, 1.82) is 0 Å². The van der Waals surface area contributed by atoms with Crippen molar-refractivity contribution in [2.24, 2.45) is 5.41 Å². The molecule has 24 heavy (non-hydrogen) atoms. The quantitative estimate of drug-likeness (QED) is 0.855. The van der Waals surface area contributed by atoms with Crippen molar-refractivity contribution in [1.82, 2.24) is 4.90 Å². The van der Waals surface area contributed by atoms with Crippen LogP contribution in [0.5, 0.6) is 5.75 Å². The Balaban J connectivity index is 2.33. The summed E-state index contributed by atoms with van der Waals surface area (Å²) in [6, 6.07) is 2.92. The predicted octanol–water partition coefficient (Wildman–Crippen LogP) is 2.96. The topological polar surface area (TPSA) is 76.1 Å². The average molecular weight is 376 g/mol. The van der Waals surface area contributed by atoms with Crippen LogP contribution in [0.4, 0.5) is 0 Å². The third-order valence-electron chi connectivity index (χ3n) is 4.21. The van der Waals surface area contributed by atoms with Crippen LogP contribution in [0.2, 0.25) is 10.0 Å². The Morgan fingerprint density at radius 2 is 1.96 bits per heavy atom. The zero-order valence-electron chi connectivity index (χ0n) is 13.5. The summed E-state index contributed by atoms with van der Waals surface area (Å²) in [6.07, 6.45) is 1.03. The van der Waals surface area contributed by atoms with Gasteiger partial charge in [0, 0.05) is 26.3 Å². The first kappa shape index (κ1) is 18.8. The number of carbonyl (C=O) groups is 2. The molecule has 0 spiro atoms. The van der Waals surface area contributed by atoms with E-state index in [-0.39, 0.29) is 34.7 Å². The van der Waals surface area contributed by atoms with Crippen molar-refractivity contribution in [3.8, 4) is 5.75 Å². The molecule has 8 heteroatoms. The van der Waals surface area contributed by atoms with E-state index in [1.165, 1.54) is 31.3 Å². The lowest BCUT2D eigenvalue weighted by molar-refractivity contribution is -0.155. The third-order valence-corrected chi connectivity index (χ3v) is 4.93. The number of amides is 1. The highest BCUT2D eigenvalue weighted by molar-refractivity contribution is 6.42. The Kier molecular flexibility index (Phi) is 5.96. The fourth-order valence-corrected chi connectivity index (χ4v) is 3.29. The van der Waals surface area contributed by atoms with E-state index < -0.39 is 11.4 Å². The summed E-state index contributed by atoms with van der Waals surface area (Å²) in [5.74, 6) is -1.01. The van der Waals surface area contributed by atoms with Crippen molar-refractivity contribution in [2.45, 2.75) is 12.8 Å². The van der Waals surface area contributed by atoms with E-state index in [1.54, 1.807) is 0 Å². The van der Waals surface area contributed by atoms with E-state index in [2.05, 4.69) is 0 Å². The monoisotopic (exact) mass is 375 g/mol. The summed E-state index contributed by atoms with van der Waals surface area (Å²) < 4.78 is 10.3. The highest BCUT2D eigenvalue weighted by Crippen LogP contribution is 2.35. The molecule has 1 saturated heterocycles. The summed E-state index contributed by atoms with van der Waals surface area (Å²) in [4.78, 5) is 26.1. The first-order valence-electron chi connectivity index (χ1n) is 7.39. The lowest BCUT2D eigenvalue weighted by atomic mass is 9.80. The molecule has 1 aromatic rings. The lowest BCUT2D eigenvalue weighted by Gasteiger charge is -2.39. The van der Waals surface area contributed by atoms with Gasteiger partial charge in [-0.25, -0.2) is 0 Å². The molecule has 1 N–H and O–H groups in total. The van der Waals surface area contributed by atoms with Gasteiger partial charge in [0.25, 0.3) is 5.91 Å². The molecule has 0 aliphatic carbocycles. The van der Waals surface area contributed by atoms with Crippen LogP contribution in [-0.4, -0.2) is 55.8 Å². The van der Waals surface area contributed by atoms with Gasteiger partial charge in [-0.15, -0.1) is 0 Å². The first-order valence-corrected chi connectivity index (χ1v) is 8.15. The van der Waals surface area contributed by atoms with Crippen LogP contribution in [0.15, 0.2) is 12.1 Å². The first-order chi connectivity index (χ1) is 11.3. The number of methoxy groups -OCH3 is 2. The minimum absolute atomic E-state index is 0.0463. The number of benzene rings is 1. The number of nitrogens with zero attached hydrogens (tertiary/aromatic N) is 1. The molecule has 1 heterocycles. The fourth-order valence-electron chi connectivity index (χ4n) is 2.97.